The molecule has 3 atom stereocenters. The Morgan fingerprint density at radius 2 is 1.90 bits per heavy atom. The van der Waals surface area contributed by atoms with Gasteiger partial charge in [-0.25, -0.2) is 27.9 Å². The standard InChI is InChI=1S/C29H34F3N5O4/c1-14-22(27(38)36-17-10-19(30)20(11-17)37-28(39)41-29(2,3)4)24-25(35-14)23(33-13-34-24)18-9-16(26(31)32)7-8-21(18)40-12-15-5-6-15/h7-9,13,15,17,19-20,26,35H,5-6,10-12H2,1-4H3,(H,36,38)(H,37,39)/t17-,19+,20+/m1/s1. The number of aromatic nitrogens is 3. The molecule has 3 aromatic rings. The SMILES string of the molecule is Cc1[nH]c2c(-c3cc(C(F)F)ccc3OCC3CC3)ncnc2c1C(=O)N[C@H]1C[C@H](NC(=O)OC(C)(C)C)[C@@H](F)C1. The van der Waals surface area contributed by atoms with Gasteiger partial charge in [0.1, 0.15) is 35.1 Å². The maximum atomic E-state index is 14.7. The zero-order valence-corrected chi connectivity index (χ0v) is 23.4. The van der Waals surface area contributed by atoms with Crippen LogP contribution < -0.4 is 15.4 Å². The largest absolute Gasteiger partial charge is 0.493 e. The van der Waals surface area contributed by atoms with Crippen molar-refractivity contribution in [2.45, 2.75) is 83.7 Å². The highest BCUT2D eigenvalue weighted by Crippen LogP contribution is 2.38. The lowest BCUT2D eigenvalue weighted by molar-refractivity contribution is 0.0484. The van der Waals surface area contributed by atoms with Crippen molar-refractivity contribution in [3.63, 3.8) is 0 Å². The number of hydrogen-bond donors (Lipinski definition) is 3. The van der Waals surface area contributed by atoms with E-state index in [2.05, 4.69) is 25.6 Å². The highest BCUT2D eigenvalue weighted by Gasteiger charge is 2.38. The molecular formula is C29H34F3N5O4. The topological polar surface area (TPSA) is 118 Å². The van der Waals surface area contributed by atoms with E-state index < -0.39 is 42.3 Å². The number of hydrogen-bond acceptors (Lipinski definition) is 6. The number of alkyl carbamates (subject to hydrolysis) is 1. The van der Waals surface area contributed by atoms with E-state index >= 15 is 0 Å². The minimum atomic E-state index is -2.69. The molecule has 0 aliphatic heterocycles. The van der Waals surface area contributed by atoms with E-state index in [9.17, 15) is 22.8 Å². The van der Waals surface area contributed by atoms with Crippen molar-refractivity contribution >= 4 is 23.0 Å². The van der Waals surface area contributed by atoms with E-state index in [1.165, 1.54) is 24.5 Å². The Balaban J connectivity index is 1.38. The van der Waals surface area contributed by atoms with Crippen LogP contribution in [0.4, 0.5) is 18.0 Å². The van der Waals surface area contributed by atoms with Crippen LogP contribution in [0.3, 0.4) is 0 Å². The van der Waals surface area contributed by atoms with Crippen LogP contribution >= 0.6 is 0 Å². The number of carbonyl (C=O) groups excluding carboxylic acids is 2. The van der Waals surface area contributed by atoms with Gasteiger partial charge < -0.3 is 25.1 Å². The number of halogens is 3. The van der Waals surface area contributed by atoms with Crippen LogP contribution in [-0.2, 0) is 4.74 Å². The second-order valence-electron chi connectivity index (χ2n) is 11.8. The molecule has 1 aromatic carbocycles. The summed E-state index contributed by atoms with van der Waals surface area (Å²) in [7, 11) is 0. The van der Waals surface area contributed by atoms with Crippen molar-refractivity contribution in [3.05, 3.63) is 41.3 Å². The molecule has 2 aromatic heterocycles. The average molecular weight is 574 g/mol. The fourth-order valence-electron chi connectivity index (χ4n) is 5.06. The van der Waals surface area contributed by atoms with Gasteiger partial charge in [-0.1, -0.05) is 0 Å². The van der Waals surface area contributed by atoms with Crippen LogP contribution in [0.25, 0.3) is 22.3 Å². The summed E-state index contributed by atoms with van der Waals surface area (Å²) < 4.78 is 53.1. The summed E-state index contributed by atoms with van der Waals surface area (Å²) >= 11 is 0. The zero-order valence-electron chi connectivity index (χ0n) is 23.4. The Kier molecular flexibility index (Phi) is 7.85. The summed E-state index contributed by atoms with van der Waals surface area (Å²) in [5, 5.41) is 5.40. The van der Waals surface area contributed by atoms with E-state index in [4.69, 9.17) is 9.47 Å². The van der Waals surface area contributed by atoms with Crippen LogP contribution in [0, 0.1) is 12.8 Å². The van der Waals surface area contributed by atoms with Crippen LogP contribution in [0.15, 0.2) is 24.5 Å². The number of rotatable bonds is 8. The monoisotopic (exact) mass is 573 g/mol. The normalized spacial score (nSPS) is 20.8. The molecule has 2 amide bonds. The first-order valence-corrected chi connectivity index (χ1v) is 13.7. The average Bonchev–Trinajstić information content (AvgIpc) is 3.56. The van der Waals surface area contributed by atoms with E-state index in [1.54, 1.807) is 27.7 Å². The lowest BCUT2D eigenvalue weighted by Gasteiger charge is -2.22. The molecule has 0 saturated heterocycles. The highest BCUT2D eigenvalue weighted by atomic mass is 19.3. The third-order valence-electron chi connectivity index (χ3n) is 7.20. The summed E-state index contributed by atoms with van der Waals surface area (Å²) in [6, 6.07) is 2.87. The van der Waals surface area contributed by atoms with Gasteiger partial charge in [0, 0.05) is 29.3 Å². The molecule has 2 saturated carbocycles. The number of aryl methyl sites for hydroxylation is 1. The second kappa shape index (κ2) is 11.2. The molecule has 0 unspecified atom stereocenters. The lowest BCUT2D eigenvalue weighted by atomic mass is 10.0. The van der Waals surface area contributed by atoms with Crippen LogP contribution in [0.2, 0.25) is 0 Å². The van der Waals surface area contributed by atoms with Crippen molar-refractivity contribution < 1.29 is 32.2 Å². The number of alkyl halides is 3. The number of nitrogens with one attached hydrogen (secondary N) is 3. The van der Waals surface area contributed by atoms with Crippen LogP contribution in [0.5, 0.6) is 5.75 Å². The molecule has 220 valence electrons. The van der Waals surface area contributed by atoms with Gasteiger partial charge in [-0.3, -0.25) is 4.79 Å². The number of carbonyl (C=O) groups is 2. The van der Waals surface area contributed by atoms with Gasteiger partial charge in [0.15, 0.2) is 0 Å². The predicted octanol–water partition coefficient (Wildman–Crippen LogP) is 5.78. The summed E-state index contributed by atoms with van der Waals surface area (Å²) in [5.41, 5.74) is 1.24. The van der Waals surface area contributed by atoms with Crippen molar-refractivity contribution in [3.8, 4) is 17.0 Å². The first-order chi connectivity index (χ1) is 19.4. The number of amides is 2. The second-order valence-corrected chi connectivity index (χ2v) is 11.8. The van der Waals surface area contributed by atoms with Gasteiger partial charge in [-0.15, -0.1) is 0 Å². The molecule has 2 heterocycles. The first-order valence-electron chi connectivity index (χ1n) is 13.7. The number of aromatic amines is 1. The van der Waals surface area contributed by atoms with Crippen molar-refractivity contribution in [1.82, 2.24) is 25.6 Å². The Morgan fingerprint density at radius 1 is 1.15 bits per heavy atom. The molecule has 12 heteroatoms. The Labute approximate surface area is 235 Å². The van der Waals surface area contributed by atoms with Crippen molar-refractivity contribution in [2.75, 3.05) is 6.61 Å². The molecule has 3 N–H and O–H groups in total. The number of benzene rings is 1. The van der Waals surface area contributed by atoms with Crippen molar-refractivity contribution in [1.29, 1.82) is 0 Å². The summed E-state index contributed by atoms with van der Waals surface area (Å²) in [6.07, 6.45) is -1.14. The molecule has 0 bridgehead atoms. The van der Waals surface area contributed by atoms with Gasteiger partial charge in [0.05, 0.1) is 23.7 Å². The summed E-state index contributed by atoms with van der Waals surface area (Å²) in [4.78, 5) is 37.4. The van der Waals surface area contributed by atoms with Crippen LogP contribution in [-0.4, -0.2) is 57.4 Å². The molecule has 41 heavy (non-hydrogen) atoms. The van der Waals surface area contributed by atoms with E-state index in [0.717, 1.165) is 12.8 Å². The molecule has 9 nitrogen and oxygen atoms in total. The Morgan fingerprint density at radius 3 is 2.59 bits per heavy atom. The maximum absolute atomic E-state index is 14.7. The van der Waals surface area contributed by atoms with E-state index in [-0.39, 0.29) is 24.0 Å². The number of fused-ring (bicyclic) bond motifs is 1. The summed E-state index contributed by atoms with van der Waals surface area (Å²) in [5.74, 6) is 0.396. The first kappa shape index (κ1) is 28.7. The third kappa shape index (κ3) is 6.57. The van der Waals surface area contributed by atoms with Gasteiger partial charge in [-0.2, -0.15) is 0 Å². The molecule has 2 aliphatic carbocycles. The number of H-pyrrole nitrogens is 1. The van der Waals surface area contributed by atoms with Gasteiger partial charge in [0.2, 0.25) is 0 Å². The van der Waals surface area contributed by atoms with Crippen molar-refractivity contribution in [2.24, 2.45) is 5.92 Å². The zero-order chi connectivity index (χ0) is 29.5. The highest BCUT2D eigenvalue weighted by molar-refractivity contribution is 6.09. The fraction of sp³-hybridized carbons (Fsp3) is 0.517. The minimum absolute atomic E-state index is 0.0238. The lowest BCUT2D eigenvalue weighted by Crippen LogP contribution is -2.42. The Hall–Kier alpha value is -3.83. The van der Waals surface area contributed by atoms with Gasteiger partial charge in [0.25, 0.3) is 12.3 Å². The molecule has 2 aliphatic rings. The Bertz CT molecular complexity index is 1450. The number of nitrogens with zero attached hydrogens (tertiary/aromatic N) is 2. The molecule has 5 rings (SSSR count). The quantitative estimate of drug-likeness (QED) is 0.314. The predicted molar refractivity (Wildman–Crippen MR) is 146 cm³/mol. The van der Waals surface area contributed by atoms with Crippen LogP contribution in [0.1, 0.15) is 74.5 Å². The molecule has 2 fully saturated rings. The molecule has 0 radical (unpaired) electrons. The smallest absolute Gasteiger partial charge is 0.407 e. The van der Waals surface area contributed by atoms with Gasteiger partial charge >= 0.3 is 6.09 Å². The van der Waals surface area contributed by atoms with E-state index in [1.807, 2.05) is 0 Å². The fourth-order valence-corrected chi connectivity index (χ4v) is 5.06. The minimum Gasteiger partial charge on any atom is -0.493 e. The third-order valence-corrected chi connectivity index (χ3v) is 7.20. The maximum Gasteiger partial charge on any atom is 0.407 e. The molecular weight excluding hydrogens is 539 g/mol. The number of ether oxygens (including phenoxy) is 2. The van der Waals surface area contributed by atoms with Gasteiger partial charge in [-0.05, 0) is 71.1 Å². The summed E-state index contributed by atoms with van der Waals surface area (Å²) in [6.45, 7) is 7.32. The molecule has 0 spiro atoms. The van der Waals surface area contributed by atoms with E-state index in [0.29, 0.717) is 46.3 Å².